The van der Waals surface area contributed by atoms with Gasteiger partial charge in [0.2, 0.25) is 5.91 Å². The molecule has 0 saturated carbocycles. The summed E-state index contributed by atoms with van der Waals surface area (Å²) in [5.41, 5.74) is 2.48. The summed E-state index contributed by atoms with van der Waals surface area (Å²) in [6.07, 6.45) is 0. The maximum absolute atomic E-state index is 11.9. The van der Waals surface area contributed by atoms with Crippen LogP contribution >= 0.6 is 24.0 Å². The van der Waals surface area contributed by atoms with Crippen LogP contribution in [0, 0.1) is 13.8 Å². The number of nitrogens with one attached hydrogen (secondary N) is 1. The minimum Gasteiger partial charge on any atom is -0.452 e. The first-order chi connectivity index (χ1) is 11.4. The monoisotopic (exact) mass is 366 g/mol. The number of benzene rings is 1. The molecule has 6 nitrogen and oxygen atoms in total. The average Bonchev–Trinajstić information content (AvgIpc) is 2.87. The largest absolute Gasteiger partial charge is 0.452 e. The van der Waals surface area contributed by atoms with Crippen molar-refractivity contribution in [1.82, 2.24) is 10.2 Å². The summed E-state index contributed by atoms with van der Waals surface area (Å²) >= 11 is 6.35. The van der Waals surface area contributed by atoms with Crippen LogP contribution in [0.1, 0.15) is 21.5 Å². The fourth-order valence-corrected chi connectivity index (χ4v) is 3.16. The number of aryl methyl sites for hydroxylation is 2. The Labute approximate surface area is 149 Å². The van der Waals surface area contributed by atoms with E-state index in [-0.39, 0.29) is 19.1 Å². The first kappa shape index (κ1) is 18.4. The van der Waals surface area contributed by atoms with Gasteiger partial charge < -0.3 is 10.1 Å². The quantitative estimate of drug-likeness (QED) is 0.606. The molecule has 2 amide bonds. The first-order valence-electron chi connectivity index (χ1n) is 7.36. The van der Waals surface area contributed by atoms with Gasteiger partial charge in [-0.3, -0.25) is 14.5 Å². The molecule has 1 N–H and O–H groups in total. The molecule has 0 spiro atoms. The van der Waals surface area contributed by atoms with E-state index in [9.17, 15) is 14.4 Å². The number of thioether (sulfide) groups is 1. The molecule has 1 aliphatic rings. The van der Waals surface area contributed by atoms with Crippen LogP contribution in [-0.4, -0.2) is 52.5 Å². The van der Waals surface area contributed by atoms with Crippen LogP contribution in [0.3, 0.4) is 0 Å². The standard InChI is InChI=1S/C16H18N2O4S2/c1-10-3-4-12(7-11(10)2)15(21)22-8-13(19)17-5-6-18-14(20)9-24-16(18)23/h3-4,7H,5-6,8-9H2,1-2H3,(H,17,19). The summed E-state index contributed by atoms with van der Waals surface area (Å²) in [5, 5.41) is 2.60. The van der Waals surface area contributed by atoms with Crippen LogP contribution in [0.25, 0.3) is 0 Å². The van der Waals surface area contributed by atoms with Crippen LogP contribution in [0.2, 0.25) is 0 Å². The van der Waals surface area contributed by atoms with Gasteiger partial charge in [-0.15, -0.1) is 0 Å². The van der Waals surface area contributed by atoms with Gasteiger partial charge in [-0.25, -0.2) is 4.79 Å². The van der Waals surface area contributed by atoms with Gasteiger partial charge in [0.05, 0.1) is 11.3 Å². The van der Waals surface area contributed by atoms with E-state index in [0.717, 1.165) is 11.1 Å². The number of amides is 2. The molecule has 0 atom stereocenters. The van der Waals surface area contributed by atoms with Crippen molar-refractivity contribution in [3.63, 3.8) is 0 Å². The van der Waals surface area contributed by atoms with E-state index in [1.54, 1.807) is 12.1 Å². The smallest absolute Gasteiger partial charge is 0.338 e. The molecule has 1 heterocycles. The van der Waals surface area contributed by atoms with E-state index in [4.69, 9.17) is 17.0 Å². The Morgan fingerprint density at radius 1 is 1.33 bits per heavy atom. The highest BCUT2D eigenvalue weighted by Gasteiger charge is 2.25. The Morgan fingerprint density at radius 3 is 2.71 bits per heavy atom. The second-order valence-electron chi connectivity index (χ2n) is 5.33. The molecule has 24 heavy (non-hydrogen) atoms. The number of nitrogens with zero attached hydrogens (tertiary/aromatic N) is 1. The van der Waals surface area contributed by atoms with Crippen LogP contribution < -0.4 is 5.32 Å². The van der Waals surface area contributed by atoms with Crippen molar-refractivity contribution in [2.75, 3.05) is 25.4 Å². The molecule has 1 saturated heterocycles. The van der Waals surface area contributed by atoms with E-state index in [1.807, 2.05) is 19.9 Å². The fraction of sp³-hybridized carbons (Fsp3) is 0.375. The second-order valence-corrected chi connectivity index (χ2v) is 6.93. The van der Waals surface area contributed by atoms with Gasteiger partial charge in [0.1, 0.15) is 4.32 Å². The lowest BCUT2D eigenvalue weighted by Crippen LogP contribution is -2.38. The number of thiocarbonyl (C=S) groups is 1. The zero-order chi connectivity index (χ0) is 17.7. The SMILES string of the molecule is Cc1ccc(C(=O)OCC(=O)NCCN2C(=O)CSC2=S)cc1C. The van der Waals surface area contributed by atoms with E-state index in [1.165, 1.54) is 16.7 Å². The number of hydrogen-bond donors (Lipinski definition) is 1. The molecule has 128 valence electrons. The van der Waals surface area contributed by atoms with Crippen LogP contribution in [-0.2, 0) is 14.3 Å². The molecular weight excluding hydrogens is 348 g/mol. The topological polar surface area (TPSA) is 75.7 Å². The Bertz CT molecular complexity index is 675. The lowest BCUT2D eigenvalue weighted by molar-refractivity contribution is -0.126. The van der Waals surface area contributed by atoms with Crippen LogP contribution in [0.4, 0.5) is 0 Å². The molecule has 0 aliphatic carbocycles. The lowest BCUT2D eigenvalue weighted by Gasteiger charge is -2.15. The molecule has 2 rings (SSSR count). The van der Waals surface area contributed by atoms with E-state index in [2.05, 4.69) is 5.32 Å². The van der Waals surface area contributed by atoms with E-state index in [0.29, 0.717) is 22.2 Å². The van der Waals surface area contributed by atoms with Gasteiger partial charge in [0.15, 0.2) is 6.61 Å². The molecule has 1 aromatic carbocycles. The summed E-state index contributed by atoms with van der Waals surface area (Å²) in [7, 11) is 0. The van der Waals surface area contributed by atoms with Crippen molar-refractivity contribution in [2.45, 2.75) is 13.8 Å². The Kier molecular flexibility index (Phi) is 6.33. The zero-order valence-electron chi connectivity index (χ0n) is 13.5. The lowest BCUT2D eigenvalue weighted by atomic mass is 10.1. The molecule has 0 radical (unpaired) electrons. The fourth-order valence-electron chi connectivity index (χ4n) is 2.04. The molecule has 1 aromatic rings. The van der Waals surface area contributed by atoms with Crippen LogP contribution in [0.15, 0.2) is 18.2 Å². The summed E-state index contributed by atoms with van der Waals surface area (Å²) in [5.74, 6) is -0.668. The van der Waals surface area contributed by atoms with E-state index >= 15 is 0 Å². The number of carbonyl (C=O) groups is 3. The minimum absolute atomic E-state index is 0.0552. The summed E-state index contributed by atoms with van der Waals surface area (Å²) < 4.78 is 5.51. The van der Waals surface area contributed by atoms with E-state index < -0.39 is 11.9 Å². The molecule has 1 fully saturated rings. The van der Waals surface area contributed by atoms with Crippen molar-refractivity contribution < 1.29 is 19.1 Å². The van der Waals surface area contributed by atoms with Gasteiger partial charge in [-0.05, 0) is 37.1 Å². The van der Waals surface area contributed by atoms with Gasteiger partial charge >= 0.3 is 5.97 Å². The Morgan fingerprint density at radius 2 is 2.08 bits per heavy atom. The predicted octanol–water partition coefficient (Wildman–Crippen LogP) is 1.44. The molecule has 0 aromatic heterocycles. The third-order valence-corrected chi connectivity index (χ3v) is 5.01. The van der Waals surface area contributed by atoms with Gasteiger partial charge in [-0.2, -0.15) is 0 Å². The highest BCUT2D eigenvalue weighted by Crippen LogP contribution is 2.18. The Balaban J connectivity index is 1.72. The normalized spacial score (nSPS) is 14.0. The highest BCUT2D eigenvalue weighted by atomic mass is 32.2. The highest BCUT2D eigenvalue weighted by molar-refractivity contribution is 8.23. The maximum Gasteiger partial charge on any atom is 0.338 e. The number of esters is 1. The molecule has 0 bridgehead atoms. The van der Waals surface area contributed by atoms with Crippen molar-refractivity contribution in [3.05, 3.63) is 34.9 Å². The van der Waals surface area contributed by atoms with Crippen LogP contribution in [0.5, 0.6) is 0 Å². The van der Waals surface area contributed by atoms with Crippen molar-refractivity contribution in [3.8, 4) is 0 Å². The van der Waals surface area contributed by atoms with Crippen molar-refractivity contribution in [2.24, 2.45) is 0 Å². The summed E-state index contributed by atoms with van der Waals surface area (Å²) in [4.78, 5) is 36.6. The third kappa shape index (κ3) is 4.78. The predicted molar refractivity (Wildman–Crippen MR) is 96.0 cm³/mol. The molecule has 1 aliphatic heterocycles. The zero-order valence-corrected chi connectivity index (χ0v) is 15.1. The van der Waals surface area contributed by atoms with Gasteiger partial charge in [0.25, 0.3) is 5.91 Å². The molecule has 0 unspecified atom stereocenters. The number of carbonyl (C=O) groups excluding carboxylic acids is 3. The summed E-state index contributed by atoms with van der Waals surface area (Å²) in [6.45, 7) is 4.07. The Hall–Kier alpha value is -1.93. The average molecular weight is 366 g/mol. The number of hydrogen-bond acceptors (Lipinski definition) is 6. The first-order valence-corrected chi connectivity index (χ1v) is 8.76. The molecular formula is C16H18N2O4S2. The number of rotatable bonds is 6. The third-order valence-electron chi connectivity index (χ3n) is 3.58. The second kappa shape index (κ2) is 8.25. The molecule has 8 heteroatoms. The maximum atomic E-state index is 11.9. The van der Waals surface area contributed by atoms with Gasteiger partial charge in [0, 0.05) is 13.1 Å². The van der Waals surface area contributed by atoms with Crippen molar-refractivity contribution in [1.29, 1.82) is 0 Å². The number of ether oxygens (including phenoxy) is 1. The minimum atomic E-state index is -0.541. The van der Waals surface area contributed by atoms with Crippen molar-refractivity contribution >= 4 is 46.1 Å². The summed E-state index contributed by atoms with van der Waals surface area (Å²) in [6, 6.07) is 5.23. The van der Waals surface area contributed by atoms with Gasteiger partial charge in [-0.1, -0.05) is 30.0 Å².